The van der Waals surface area contributed by atoms with Crippen molar-refractivity contribution >= 4 is 11.3 Å². The van der Waals surface area contributed by atoms with Gasteiger partial charge < -0.3 is 14.2 Å². The second-order valence-corrected chi connectivity index (χ2v) is 9.11. The van der Waals surface area contributed by atoms with Crippen molar-refractivity contribution in [3.63, 3.8) is 0 Å². The molecule has 1 aromatic heterocycles. The van der Waals surface area contributed by atoms with Gasteiger partial charge in [0.2, 0.25) is 0 Å². The highest BCUT2D eigenvalue weighted by Crippen LogP contribution is 2.30. The lowest BCUT2D eigenvalue weighted by molar-refractivity contribution is 0.0322. The summed E-state index contributed by atoms with van der Waals surface area (Å²) in [7, 11) is 0. The number of aromatic nitrogens is 1. The Kier molecular flexibility index (Phi) is 7.22. The van der Waals surface area contributed by atoms with Crippen LogP contribution < -0.4 is 9.47 Å². The van der Waals surface area contributed by atoms with Gasteiger partial charge >= 0.3 is 0 Å². The number of hydrogen-bond donors (Lipinski definition) is 0. The molecule has 164 valence electrons. The monoisotopic (exact) mass is 438 g/mol. The molecular weight excluding hydrogens is 408 g/mol. The summed E-state index contributed by atoms with van der Waals surface area (Å²) in [6, 6.07) is 14.4. The zero-order valence-corrected chi connectivity index (χ0v) is 19.3. The van der Waals surface area contributed by atoms with Gasteiger partial charge in [0.05, 0.1) is 18.9 Å². The Bertz CT molecular complexity index is 995. The van der Waals surface area contributed by atoms with Crippen molar-refractivity contribution in [2.45, 2.75) is 27.4 Å². The lowest BCUT2D eigenvalue weighted by atomic mass is 10.1. The Morgan fingerprint density at radius 3 is 2.55 bits per heavy atom. The van der Waals surface area contributed by atoms with Crippen LogP contribution in [0.3, 0.4) is 0 Å². The Morgan fingerprint density at radius 1 is 1.00 bits per heavy atom. The first-order chi connectivity index (χ1) is 15.1. The fourth-order valence-corrected chi connectivity index (χ4v) is 4.50. The van der Waals surface area contributed by atoms with Crippen LogP contribution in [0.25, 0.3) is 11.3 Å². The molecule has 1 fully saturated rings. The summed E-state index contributed by atoms with van der Waals surface area (Å²) in [6.45, 7) is 12.0. The van der Waals surface area contributed by atoms with Crippen molar-refractivity contribution < 1.29 is 14.2 Å². The Morgan fingerprint density at radius 2 is 1.77 bits per heavy atom. The van der Waals surface area contributed by atoms with Crippen LogP contribution in [-0.2, 0) is 11.3 Å². The van der Waals surface area contributed by atoms with Crippen LogP contribution in [0.2, 0.25) is 0 Å². The molecule has 31 heavy (non-hydrogen) atoms. The number of rotatable bonds is 8. The van der Waals surface area contributed by atoms with Crippen molar-refractivity contribution in [1.29, 1.82) is 0 Å². The van der Waals surface area contributed by atoms with Gasteiger partial charge in [0, 0.05) is 30.1 Å². The molecular formula is C25H30N2O3S. The maximum absolute atomic E-state index is 6.04. The quantitative estimate of drug-likeness (QED) is 0.494. The van der Waals surface area contributed by atoms with Gasteiger partial charge in [0.25, 0.3) is 0 Å². The molecule has 1 saturated heterocycles. The third-order valence-electron chi connectivity index (χ3n) is 5.65. The molecule has 2 heterocycles. The number of aryl methyl sites for hydroxylation is 2. The topological polar surface area (TPSA) is 43.8 Å². The molecule has 0 aliphatic carbocycles. The molecule has 4 rings (SSSR count). The van der Waals surface area contributed by atoms with E-state index in [9.17, 15) is 0 Å². The van der Waals surface area contributed by atoms with E-state index in [2.05, 4.69) is 43.9 Å². The first-order valence-corrected chi connectivity index (χ1v) is 11.6. The lowest BCUT2D eigenvalue weighted by Crippen LogP contribution is -2.38. The molecule has 0 atom stereocenters. The second-order valence-electron chi connectivity index (χ2n) is 7.83. The number of thiazole rings is 1. The van der Waals surface area contributed by atoms with Gasteiger partial charge in [0.1, 0.15) is 29.7 Å². The van der Waals surface area contributed by atoms with Crippen LogP contribution in [-0.4, -0.2) is 49.3 Å². The SMILES string of the molecule is Cc1cccc(OCc2nc(-c3ccc(OCCN4CCOCC4)cc3)c(C)s2)c1C. The van der Waals surface area contributed by atoms with Crippen LogP contribution in [0, 0.1) is 20.8 Å². The highest BCUT2D eigenvalue weighted by molar-refractivity contribution is 7.12. The predicted molar refractivity (Wildman–Crippen MR) is 125 cm³/mol. The molecule has 5 nitrogen and oxygen atoms in total. The first kappa shape index (κ1) is 21.8. The van der Waals surface area contributed by atoms with Gasteiger partial charge in [-0.2, -0.15) is 0 Å². The molecule has 0 amide bonds. The first-order valence-electron chi connectivity index (χ1n) is 10.8. The van der Waals surface area contributed by atoms with Crippen LogP contribution in [0.5, 0.6) is 11.5 Å². The summed E-state index contributed by atoms with van der Waals surface area (Å²) in [4.78, 5) is 8.40. The van der Waals surface area contributed by atoms with E-state index in [1.807, 2.05) is 24.3 Å². The molecule has 0 bridgehead atoms. The van der Waals surface area contributed by atoms with Gasteiger partial charge in [-0.05, 0) is 62.2 Å². The molecule has 1 aliphatic heterocycles. The number of ether oxygens (including phenoxy) is 3. The molecule has 0 unspecified atom stereocenters. The van der Waals surface area contributed by atoms with Gasteiger partial charge in [-0.15, -0.1) is 11.3 Å². The van der Waals surface area contributed by atoms with Gasteiger partial charge in [-0.3, -0.25) is 4.90 Å². The average Bonchev–Trinajstić information content (AvgIpc) is 3.16. The number of benzene rings is 2. The zero-order valence-electron chi connectivity index (χ0n) is 18.5. The highest BCUT2D eigenvalue weighted by Gasteiger charge is 2.12. The van der Waals surface area contributed by atoms with Crippen LogP contribution >= 0.6 is 11.3 Å². The number of nitrogens with zero attached hydrogens (tertiary/aromatic N) is 2. The van der Waals surface area contributed by atoms with Gasteiger partial charge in [-0.1, -0.05) is 12.1 Å². The Balaban J connectivity index is 1.33. The maximum Gasteiger partial charge on any atom is 0.140 e. The Hall–Kier alpha value is -2.41. The Labute approximate surface area is 188 Å². The van der Waals surface area contributed by atoms with E-state index in [-0.39, 0.29) is 0 Å². The van der Waals surface area contributed by atoms with E-state index < -0.39 is 0 Å². The van der Waals surface area contributed by atoms with Crippen LogP contribution in [0.4, 0.5) is 0 Å². The normalized spacial score (nSPS) is 14.5. The van der Waals surface area contributed by atoms with Crippen LogP contribution in [0.15, 0.2) is 42.5 Å². The van der Waals surface area contributed by atoms with E-state index >= 15 is 0 Å². The van der Waals surface area contributed by atoms with E-state index in [1.165, 1.54) is 16.0 Å². The number of hydrogen-bond acceptors (Lipinski definition) is 6. The maximum atomic E-state index is 6.04. The van der Waals surface area contributed by atoms with Crippen LogP contribution in [0.1, 0.15) is 21.0 Å². The smallest absolute Gasteiger partial charge is 0.140 e. The van der Waals surface area contributed by atoms with Crippen molar-refractivity contribution in [3.8, 4) is 22.8 Å². The van der Waals surface area contributed by atoms with Crippen molar-refractivity contribution in [2.75, 3.05) is 39.5 Å². The van der Waals surface area contributed by atoms with Crippen molar-refractivity contribution in [1.82, 2.24) is 9.88 Å². The summed E-state index contributed by atoms with van der Waals surface area (Å²) in [6.07, 6.45) is 0. The minimum absolute atomic E-state index is 0.485. The fourth-order valence-electron chi connectivity index (χ4n) is 3.63. The summed E-state index contributed by atoms with van der Waals surface area (Å²) in [5.41, 5.74) is 4.54. The summed E-state index contributed by atoms with van der Waals surface area (Å²) in [5, 5.41) is 0.985. The zero-order chi connectivity index (χ0) is 21.6. The van der Waals surface area contributed by atoms with Gasteiger partial charge in [0.15, 0.2) is 0 Å². The van der Waals surface area contributed by atoms with Gasteiger partial charge in [-0.25, -0.2) is 4.98 Å². The molecule has 6 heteroatoms. The molecule has 0 radical (unpaired) electrons. The van der Waals surface area contributed by atoms with E-state index in [1.54, 1.807) is 11.3 Å². The molecule has 0 saturated carbocycles. The lowest BCUT2D eigenvalue weighted by Gasteiger charge is -2.26. The largest absolute Gasteiger partial charge is 0.492 e. The number of morpholine rings is 1. The summed E-state index contributed by atoms with van der Waals surface area (Å²) >= 11 is 1.69. The highest BCUT2D eigenvalue weighted by atomic mass is 32.1. The molecule has 1 aliphatic rings. The summed E-state index contributed by atoms with van der Waals surface area (Å²) in [5.74, 6) is 1.82. The molecule has 0 spiro atoms. The van der Waals surface area contributed by atoms with E-state index in [0.29, 0.717) is 13.2 Å². The molecule has 2 aromatic carbocycles. The minimum atomic E-state index is 0.485. The second kappa shape index (κ2) is 10.3. The van der Waals surface area contributed by atoms with E-state index in [4.69, 9.17) is 19.2 Å². The van der Waals surface area contributed by atoms with Crippen molar-refractivity contribution in [2.24, 2.45) is 0 Å². The summed E-state index contributed by atoms with van der Waals surface area (Å²) < 4.78 is 17.3. The predicted octanol–water partition coefficient (Wildman–Crippen LogP) is 5.03. The average molecular weight is 439 g/mol. The van der Waals surface area contributed by atoms with Crippen molar-refractivity contribution in [3.05, 3.63) is 63.5 Å². The third-order valence-corrected chi connectivity index (χ3v) is 6.60. The molecule has 3 aromatic rings. The minimum Gasteiger partial charge on any atom is -0.492 e. The molecule has 0 N–H and O–H groups in total. The third kappa shape index (κ3) is 5.64. The van der Waals surface area contributed by atoms with E-state index in [0.717, 1.165) is 60.6 Å². The fraction of sp³-hybridized carbons (Fsp3) is 0.400. The standard InChI is InChI=1S/C25H30N2O3S/c1-18-5-4-6-23(19(18)2)30-17-24-26-25(20(3)31-24)21-7-9-22(10-8-21)29-16-13-27-11-14-28-15-12-27/h4-10H,11-17H2,1-3H3.